The number of nitrogens with zero attached hydrogens (tertiary/aromatic N) is 2. The Morgan fingerprint density at radius 3 is 2.22 bits per heavy atom. The molecule has 0 bridgehead atoms. The molecular formula is C10H10N2O5S. The van der Waals surface area contributed by atoms with Gasteiger partial charge in [0.1, 0.15) is 0 Å². The van der Waals surface area contributed by atoms with Crippen LogP contribution in [0.4, 0.5) is 5.69 Å². The molecule has 8 heteroatoms. The van der Waals surface area contributed by atoms with Crippen LogP contribution in [0.3, 0.4) is 0 Å². The van der Waals surface area contributed by atoms with Crippen LogP contribution in [-0.2, 0) is 14.6 Å². The highest BCUT2D eigenvalue weighted by atomic mass is 32.2. The predicted molar refractivity (Wildman–Crippen MR) is 62.7 cm³/mol. The van der Waals surface area contributed by atoms with E-state index in [-0.39, 0.29) is 10.6 Å². The van der Waals surface area contributed by atoms with Gasteiger partial charge in [0.2, 0.25) is 15.9 Å². The van der Waals surface area contributed by atoms with Gasteiger partial charge in [0.25, 0.3) is 0 Å². The summed E-state index contributed by atoms with van der Waals surface area (Å²) in [6.45, 7) is 2.98. The van der Waals surface area contributed by atoms with Gasteiger partial charge >= 0.3 is 5.88 Å². The molecule has 18 heavy (non-hydrogen) atoms. The lowest BCUT2D eigenvalue weighted by Crippen LogP contribution is -2.16. The van der Waals surface area contributed by atoms with Gasteiger partial charge in [-0.05, 0) is 37.1 Å². The number of hydrogen-bond acceptors (Lipinski definition) is 6. The molecule has 0 aliphatic carbocycles. The number of carbonyl (C=O) groups excluding carboxylic acids is 1. The molecule has 0 atom stereocenters. The molecule has 0 saturated carbocycles. The number of aryl methyl sites for hydroxylation is 2. The summed E-state index contributed by atoms with van der Waals surface area (Å²) in [6.07, 6.45) is 1.35. The van der Waals surface area contributed by atoms with Crippen molar-refractivity contribution in [1.82, 2.24) is 0 Å². The van der Waals surface area contributed by atoms with Gasteiger partial charge in [0.15, 0.2) is 0 Å². The first kappa shape index (κ1) is 14.0. The van der Waals surface area contributed by atoms with E-state index in [0.717, 1.165) is 0 Å². The Hall–Kier alpha value is -2.05. The van der Waals surface area contributed by atoms with Crippen LogP contribution in [0.2, 0.25) is 0 Å². The lowest BCUT2D eigenvalue weighted by Gasteiger charge is -2.08. The van der Waals surface area contributed by atoms with Gasteiger partial charge in [-0.15, -0.1) is 0 Å². The van der Waals surface area contributed by atoms with Crippen LogP contribution in [0.1, 0.15) is 11.1 Å². The van der Waals surface area contributed by atoms with E-state index in [0.29, 0.717) is 11.1 Å². The molecular weight excluding hydrogens is 260 g/mol. The van der Waals surface area contributed by atoms with Crippen molar-refractivity contribution in [3.05, 3.63) is 33.4 Å². The Morgan fingerprint density at radius 1 is 1.33 bits per heavy atom. The Balaban J connectivity index is 3.43. The zero-order chi connectivity index (χ0) is 13.9. The Bertz CT molecular complexity index is 621. The lowest BCUT2D eigenvalue weighted by atomic mass is 10.1. The fourth-order valence-corrected chi connectivity index (χ4v) is 3.24. The quantitative estimate of drug-likeness (QED) is 0.354. The fourth-order valence-electron chi connectivity index (χ4n) is 1.74. The molecule has 0 aliphatic rings. The molecule has 0 fully saturated rings. The molecule has 0 heterocycles. The van der Waals surface area contributed by atoms with Crippen LogP contribution >= 0.6 is 0 Å². The standard InChI is InChI=1S/C10H10N2O5S/c1-7-3-9(11-5-13)4-8(2)10(7)18(16,17)6-12(14)15/h3-4H,6H2,1-2H3. The van der Waals surface area contributed by atoms with Gasteiger partial charge in [0, 0.05) is 4.92 Å². The number of nitro groups is 1. The third kappa shape index (κ3) is 2.99. The maximum Gasteiger partial charge on any atom is 0.305 e. The number of isocyanates is 1. The predicted octanol–water partition coefficient (Wildman–Crippen LogP) is 1.28. The van der Waals surface area contributed by atoms with E-state index >= 15 is 0 Å². The number of aliphatic imine (C=N–C) groups is 1. The van der Waals surface area contributed by atoms with Gasteiger partial charge in [-0.1, -0.05) is 0 Å². The third-order valence-electron chi connectivity index (χ3n) is 2.21. The van der Waals surface area contributed by atoms with E-state index in [1.807, 2.05) is 0 Å². The number of rotatable bonds is 4. The summed E-state index contributed by atoms with van der Waals surface area (Å²) in [5.41, 5.74) is 0.886. The molecule has 1 aromatic carbocycles. The van der Waals surface area contributed by atoms with E-state index in [4.69, 9.17) is 0 Å². The molecule has 0 N–H and O–H groups in total. The highest BCUT2D eigenvalue weighted by Crippen LogP contribution is 2.26. The second kappa shape index (κ2) is 5.07. The molecule has 0 radical (unpaired) electrons. The van der Waals surface area contributed by atoms with E-state index in [1.54, 1.807) is 0 Å². The number of sulfone groups is 1. The Morgan fingerprint density at radius 2 is 1.83 bits per heavy atom. The first-order chi connectivity index (χ1) is 8.27. The second-order valence-electron chi connectivity index (χ2n) is 3.69. The average Bonchev–Trinajstić information content (AvgIpc) is 2.13. The highest BCUT2D eigenvalue weighted by molar-refractivity contribution is 7.91. The van der Waals surface area contributed by atoms with Crippen molar-refractivity contribution in [3.63, 3.8) is 0 Å². The van der Waals surface area contributed by atoms with Gasteiger partial charge in [0.05, 0.1) is 10.6 Å². The van der Waals surface area contributed by atoms with Crippen molar-refractivity contribution >= 4 is 21.6 Å². The van der Waals surface area contributed by atoms with Crippen LogP contribution in [-0.4, -0.2) is 25.3 Å². The number of benzene rings is 1. The minimum absolute atomic E-state index is 0.0935. The molecule has 0 saturated heterocycles. The van der Waals surface area contributed by atoms with Gasteiger partial charge in [-0.2, -0.15) is 4.99 Å². The second-order valence-corrected chi connectivity index (χ2v) is 5.58. The number of hydrogen-bond donors (Lipinski definition) is 0. The van der Waals surface area contributed by atoms with Crippen LogP contribution in [0.15, 0.2) is 22.0 Å². The van der Waals surface area contributed by atoms with Gasteiger partial charge in [-0.3, -0.25) is 10.1 Å². The summed E-state index contributed by atoms with van der Waals surface area (Å²) in [5.74, 6) is -1.16. The van der Waals surface area contributed by atoms with Crippen LogP contribution < -0.4 is 0 Å². The maximum absolute atomic E-state index is 11.8. The summed E-state index contributed by atoms with van der Waals surface area (Å²) in [5, 5.41) is 10.3. The molecule has 0 aliphatic heterocycles. The first-order valence-electron chi connectivity index (χ1n) is 4.81. The monoisotopic (exact) mass is 270 g/mol. The first-order valence-corrected chi connectivity index (χ1v) is 6.47. The summed E-state index contributed by atoms with van der Waals surface area (Å²) < 4.78 is 23.6. The third-order valence-corrected chi connectivity index (χ3v) is 4.02. The molecule has 1 aromatic rings. The normalized spacial score (nSPS) is 10.8. The summed E-state index contributed by atoms with van der Waals surface area (Å²) in [4.78, 5) is 22.8. The van der Waals surface area contributed by atoms with Crippen molar-refractivity contribution in [2.24, 2.45) is 4.99 Å². The molecule has 1 rings (SSSR count). The highest BCUT2D eigenvalue weighted by Gasteiger charge is 2.25. The summed E-state index contributed by atoms with van der Waals surface area (Å²) in [6, 6.07) is 2.73. The van der Waals surface area contributed by atoms with Gasteiger partial charge in [-0.25, -0.2) is 13.2 Å². The maximum atomic E-state index is 11.8. The lowest BCUT2D eigenvalue weighted by molar-refractivity contribution is -0.458. The van der Waals surface area contributed by atoms with E-state index < -0.39 is 20.6 Å². The topological polar surface area (TPSA) is 107 Å². The SMILES string of the molecule is Cc1cc(N=C=O)cc(C)c1S(=O)(=O)C[N+](=O)[O-]. The summed E-state index contributed by atoms with van der Waals surface area (Å²) >= 11 is 0. The van der Waals surface area contributed by atoms with E-state index in [1.165, 1.54) is 32.1 Å². The molecule has 7 nitrogen and oxygen atoms in total. The van der Waals surface area contributed by atoms with E-state index in [9.17, 15) is 23.3 Å². The minimum Gasteiger partial charge on any atom is -0.263 e. The fraction of sp³-hybridized carbons (Fsp3) is 0.300. The van der Waals surface area contributed by atoms with E-state index in [2.05, 4.69) is 4.99 Å². The molecule has 96 valence electrons. The van der Waals surface area contributed by atoms with Crippen LogP contribution in [0.25, 0.3) is 0 Å². The smallest absolute Gasteiger partial charge is 0.263 e. The van der Waals surface area contributed by atoms with Crippen LogP contribution in [0.5, 0.6) is 0 Å². The van der Waals surface area contributed by atoms with Crippen molar-refractivity contribution in [1.29, 1.82) is 0 Å². The molecule has 0 amide bonds. The van der Waals surface area contributed by atoms with Gasteiger partial charge < -0.3 is 0 Å². The van der Waals surface area contributed by atoms with Crippen molar-refractivity contribution in [2.45, 2.75) is 18.7 Å². The molecule has 0 spiro atoms. The van der Waals surface area contributed by atoms with Crippen molar-refractivity contribution in [2.75, 3.05) is 5.88 Å². The summed E-state index contributed by atoms with van der Waals surface area (Å²) in [7, 11) is -3.99. The largest absolute Gasteiger partial charge is 0.305 e. The Kier molecular flexibility index (Phi) is 3.95. The minimum atomic E-state index is -3.99. The zero-order valence-electron chi connectivity index (χ0n) is 9.71. The molecule has 0 unspecified atom stereocenters. The van der Waals surface area contributed by atoms with Crippen LogP contribution in [0, 0.1) is 24.0 Å². The molecule has 0 aromatic heterocycles. The average molecular weight is 270 g/mol. The van der Waals surface area contributed by atoms with Crippen molar-refractivity contribution in [3.8, 4) is 0 Å². The van der Waals surface area contributed by atoms with Crippen molar-refractivity contribution < 1.29 is 18.1 Å². The zero-order valence-corrected chi connectivity index (χ0v) is 10.5. The Labute approximate surface area is 103 Å².